The van der Waals surface area contributed by atoms with E-state index in [1.54, 1.807) is 11.9 Å². The van der Waals surface area contributed by atoms with Crippen molar-refractivity contribution in [3.63, 3.8) is 0 Å². The van der Waals surface area contributed by atoms with Crippen LogP contribution in [0.1, 0.15) is 12.7 Å². The number of hydrogen-bond acceptors (Lipinski definition) is 7. The normalized spacial score (nSPS) is 27.2. The molecular formula is C13H18N4O3. The third-order valence-corrected chi connectivity index (χ3v) is 3.57. The first kappa shape index (κ1) is 13.3. The minimum atomic E-state index is -0.365. The lowest BCUT2D eigenvalue weighted by molar-refractivity contribution is 0.0152. The molecule has 2 aliphatic rings. The molecule has 0 radical (unpaired) electrons. The fourth-order valence-corrected chi connectivity index (χ4v) is 2.68. The molecule has 0 aliphatic carbocycles. The molecule has 20 heavy (non-hydrogen) atoms. The van der Waals surface area contributed by atoms with Crippen molar-refractivity contribution in [2.75, 3.05) is 31.3 Å². The van der Waals surface area contributed by atoms with Gasteiger partial charge in [0.25, 0.3) is 0 Å². The van der Waals surface area contributed by atoms with Crippen LogP contribution in [0.25, 0.3) is 0 Å². The van der Waals surface area contributed by atoms with Crippen molar-refractivity contribution in [3.05, 3.63) is 28.3 Å². The lowest BCUT2D eigenvalue weighted by Gasteiger charge is -2.37. The van der Waals surface area contributed by atoms with E-state index in [1.807, 2.05) is 13.0 Å². The highest BCUT2D eigenvalue weighted by Gasteiger charge is 2.36. The zero-order valence-electron chi connectivity index (χ0n) is 11.7. The van der Waals surface area contributed by atoms with E-state index in [0.717, 1.165) is 18.8 Å². The van der Waals surface area contributed by atoms with E-state index in [2.05, 4.69) is 15.2 Å². The predicted octanol–water partition coefficient (Wildman–Crippen LogP) is 1.18. The predicted molar refractivity (Wildman–Crippen MR) is 72.7 cm³/mol. The summed E-state index contributed by atoms with van der Waals surface area (Å²) in [6, 6.07) is 3.32. The van der Waals surface area contributed by atoms with Gasteiger partial charge >= 0.3 is 5.63 Å². The fraction of sp³-hybridized carbons (Fsp3) is 0.615. The molecule has 0 saturated carbocycles. The Morgan fingerprint density at radius 1 is 1.30 bits per heavy atom. The van der Waals surface area contributed by atoms with Gasteiger partial charge < -0.3 is 9.15 Å². The van der Waals surface area contributed by atoms with Crippen LogP contribution < -0.4 is 10.6 Å². The summed E-state index contributed by atoms with van der Waals surface area (Å²) in [7, 11) is 0. The molecule has 1 saturated heterocycles. The first-order chi connectivity index (χ1) is 9.65. The molecular weight excluding hydrogens is 260 g/mol. The van der Waals surface area contributed by atoms with Gasteiger partial charge in [0, 0.05) is 25.2 Å². The number of ether oxygens (including phenoxy) is 1. The zero-order valence-corrected chi connectivity index (χ0v) is 11.7. The monoisotopic (exact) mass is 278 g/mol. The summed E-state index contributed by atoms with van der Waals surface area (Å²) in [5.74, 6) is 0.572. The third kappa shape index (κ3) is 2.46. The van der Waals surface area contributed by atoms with Gasteiger partial charge in [-0.25, -0.2) is 9.80 Å². The van der Waals surface area contributed by atoms with Crippen LogP contribution in [0, 0.1) is 6.92 Å². The van der Waals surface area contributed by atoms with Crippen LogP contribution in [0.3, 0.4) is 0 Å². The van der Waals surface area contributed by atoms with Crippen LogP contribution in [-0.4, -0.2) is 43.4 Å². The van der Waals surface area contributed by atoms with E-state index in [9.17, 15) is 4.79 Å². The summed E-state index contributed by atoms with van der Waals surface area (Å²) in [4.78, 5) is 13.8. The zero-order chi connectivity index (χ0) is 14.1. The first-order valence-electron chi connectivity index (χ1n) is 6.79. The molecule has 0 bridgehead atoms. The van der Waals surface area contributed by atoms with Gasteiger partial charge in [-0.1, -0.05) is 5.22 Å². The van der Waals surface area contributed by atoms with Crippen LogP contribution >= 0.6 is 0 Å². The lowest BCUT2D eigenvalue weighted by atomic mass is 10.2. The van der Waals surface area contributed by atoms with Crippen molar-refractivity contribution in [1.29, 1.82) is 0 Å². The topological polar surface area (TPSA) is 70.6 Å². The average Bonchev–Trinajstić information content (AvgIpc) is 2.80. The van der Waals surface area contributed by atoms with Crippen molar-refractivity contribution in [2.45, 2.75) is 26.1 Å². The standard InChI is InChI=1S/C13H18N4O3/c1-9-7-11(8-12(18)20-9)17-13(10(2)14-15-17)16-3-5-19-6-4-16/h7-8,10,13H,3-6H2,1-2H3/t10-,13+/m0/s1. The minimum absolute atomic E-state index is 0.0279. The maximum atomic E-state index is 11.5. The summed E-state index contributed by atoms with van der Waals surface area (Å²) in [5.41, 5.74) is 0.360. The van der Waals surface area contributed by atoms with E-state index in [-0.39, 0.29) is 17.8 Å². The highest BCUT2D eigenvalue weighted by atomic mass is 16.5. The summed E-state index contributed by atoms with van der Waals surface area (Å²) >= 11 is 0. The Hall–Kier alpha value is -1.73. The number of nitrogens with zero attached hydrogens (tertiary/aromatic N) is 4. The van der Waals surface area contributed by atoms with Crippen molar-refractivity contribution in [3.8, 4) is 0 Å². The Bertz CT molecular complexity index is 565. The van der Waals surface area contributed by atoms with Crippen LogP contribution in [0.15, 0.2) is 31.7 Å². The molecule has 0 spiro atoms. The van der Waals surface area contributed by atoms with Crippen molar-refractivity contribution < 1.29 is 9.15 Å². The van der Waals surface area contributed by atoms with Gasteiger partial charge in [0.15, 0.2) is 0 Å². The molecule has 3 rings (SSSR count). The Balaban J connectivity index is 1.90. The van der Waals surface area contributed by atoms with Gasteiger partial charge in [0.2, 0.25) is 0 Å². The van der Waals surface area contributed by atoms with Crippen molar-refractivity contribution in [1.82, 2.24) is 4.90 Å². The average molecular weight is 278 g/mol. The van der Waals surface area contributed by atoms with E-state index >= 15 is 0 Å². The van der Waals surface area contributed by atoms with Gasteiger partial charge in [-0.15, -0.1) is 0 Å². The summed E-state index contributed by atoms with van der Waals surface area (Å²) in [6.07, 6.45) is 0.0279. The smallest absolute Gasteiger partial charge is 0.337 e. The quantitative estimate of drug-likeness (QED) is 0.812. The summed E-state index contributed by atoms with van der Waals surface area (Å²) in [5, 5.41) is 10.3. The van der Waals surface area contributed by atoms with Crippen molar-refractivity contribution in [2.24, 2.45) is 10.3 Å². The molecule has 1 aromatic heterocycles. The molecule has 0 aromatic carbocycles. The van der Waals surface area contributed by atoms with Gasteiger partial charge in [-0.3, -0.25) is 4.90 Å². The number of rotatable bonds is 2. The van der Waals surface area contributed by atoms with Crippen LogP contribution in [0.4, 0.5) is 5.69 Å². The van der Waals surface area contributed by atoms with E-state index in [4.69, 9.17) is 9.15 Å². The summed E-state index contributed by atoms with van der Waals surface area (Å²) < 4.78 is 10.4. The van der Waals surface area contributed by atoms with Gasteiger partial charge in [0.05, 0.1) is 18.9 Å². The second-order valence-corrected chi connectivity index (χ2v) is 5.10. The maximum absolute atomic E-state index is 11.5. The number of morpholine rings is 1. The van der Waals surface area contributed by atoms with E-state index < -0.39 is 0 Å². The fourth-order valence-electron chi connectivity index (χ4n) is 2.68. The minimum Gasteiger partial charge on any atom is -0.428 e. The second kappa shape index (κ2) is 5.34. The molecule has 2 atom stereocenters. The van der Waals surface area contributed by atoms with Gasteiger partial charge in [-0.2, -0.15) is 5.11 Å². The third-order valence-electron chi connectivity index (χ3n) is 3.57. The van der Waals surface area contributed by atoms with E-state index in [0.29, 0.717) is 19.0 Å². The highest BCUT2D eigenvalue weighted by molar-refractivity contribution is 5.46. The van der Waals surface area contributed by atoms with Crippen molar-refractivity contribution >= 4 is 5.69 Å². The molecule has 1 fully saturated rings. The number of aryl methyl sites for hydroxylation is 1. The van der Waals surface area contributed by atoms with Gasteiger partial charge in [0.1, 0.15) is 18.0 Å². The maximum Gasteiger partial charge on any atom is 0.337 e. The molecule has 7 heteroatoms. The van der Waals surface area contributed by atoms with E-state index in [1.165, 1.54) is 6.07 Å². The van der Waals surface area contributed by atoms with Crippen LogP contribution in [0.5, 0.6) is 0 Å². The Morgan fingerprint density at radius 2 is 2.05 bits per heavy atom. The first-order valence-corrected chi connectivity index (χ1v) is 6.79. The lowest BCUT2D eigenvalue weighted by Crippen LogP contribution is -2.53. The SMILES string of the molecule is Cc1cc(N2N=N[C@@H](C)[C@@H]2N2CCOCC2)cc(=O)o1. The molecule has 0 amide bonds. The molecule has 0 N–H and O–H groups in total. The molecule has 1 aromatic rings. The van der Waals surface area contributed by atoms with Gasteiger partial charge in [-0.05, 0) is 13.8 Å². The summed E-state index contributed by atoms with van der Waals surface area (Å²) in [6.45, 7) is 6.90. The Kier molecular flexibility index (Phi) is 3.54. The highest BCUT2D eigenvalue weighted by Crippen LogP contribution is 2.28. The molecule has 108 valence electrons. The molecule has 2 aliphatic heterocycles. The second-order valence-electron chi connectivity index (χ2n) is 5.10. The Labute approximate surface area is 116 Å². The number of anilines is 1. The number of hydrogen-bond donors (Lipinski definition) is 0. The van der Waals surface area contributed by atoms with Crippen LogP contribution in [-0.2, 0) is 4.74 Å². The molecule has 7 nitrogen and oxygen atoms in total. The Morgan fingerprint density at radius 3 is 2.75 bits per heavy atom. The van der Waals surface area contributed by atoms with Crippen LogP contribution in [0.2, 0.25) is 0 Å². The largest absolute Gasteiger partial charge is 0.428 e. The molecule has 3 heterocycles. The molecule has 0 unspecified atom stereocenters.